The third kappa shape index (κ3) is 3.72. The number of nitro groups is 1. The average molecular weight is 334 g/mol. The van der Waals surface area contributed by atoms with Crippen LogP contribution < -0.4 is 5.32 Å². The number of anilines is 1. The molecule has 0 aliphatic rings. The largest absolute Gasteiger partial charge is 0.326 e. The van der Waals surface area contributed by atoms with Crippen molar-refractivity contribution in [2.24, 2.45) is 0 Å². The van der Waals surface area contributed by atoms with Crippen molar-refractivity contribution in [3.05, 3.63) is 58.6 Å². The van der Waals surface area contributed by atoms with Crippen molar-refractivity contribution in [2.45, 2.75) is 23.1 Å². The lowest BCUT2D eigenvalue weighted by molar-refractivity contribution is -0.384. The number of nitrogens with one attached hydrogen (secondary N) is 1. The quantitative estimate of drug-likeness (QED) is 0.668. The van der Waals surface area contributed by atoms with Crippen molar-refractivity contribution in [2.75, 3.05) is 5.32 Å². The number of hydrogen-bond donors (Lipinski definition) is 1. The smallest absolute Gasteiger partial charge is 0.269 e. The van der Waals surface area contributed by atoms with E-state index in [2.05, 4.69) is 5.32 Å². The first-order valence-corrected chi connectivity index (χ1v) is 8.22. The van der Waals surface area contributed by atoms with Gasteiger partial charge >= 0.3 is 0 Å². The van der Waals surface area contributed by atoms with Crippen LogP contribution in [0.5, 0.6) is 0 Å². The third-order valence-electron chi connectivity index (χ3n) is 3.11. The van der Waals surface area contributed by atoms with E-state index in [4.69, 9.17) is 0 Å². The average Bonchev–Trinajstić information content (AvgIpc) is 2.55. The number of sulfone groups is 1. The number of non-ortho nitro benzene ring substituents is 1. The molecule has 0 spiro atoms. The van der Waals surface area contributed by atoms with Crippen molar-refractivity contribution in [1.29, 1.82) is 0 Å². The van der Waals surface area contributed by atoms with Crippen molar-refractivity contribution in [1.82, 2.24) is 0 Å². The fraction of sp³-hybridized carbons (Fsp3) is 0.133. The zero-order chi connectivity index (χ0) is 17.0. The predicted molar refractivity (Wildman–Crippen MR) is 83.9 cm³/mol. The molecule has 8 heteroatoms. The first-order chi connectivity index (χ1) is 10.8. The van der Waals surface area contributed by atoms with Crippen LogP contribution in [0.1, 0.15) is 13.3 Å². The molecule has 0 bridgehead atoms. The maximum absolute atomic E-state index is 12.5. The molecular weight excluding hydrogens is 320 g/mol. The molecule has 0 radical (unpaired) electrons. The van der Waals surface area contributed by atoms with E-state index in [0.717, 1.165) is 12.1 Å². The summed E-state index contributed by atoms with van der Waals surface area (Å²) in [6.45, 7) is 1.69. The van der Waals surface area contributed by atoms with Crippen LogP contribution in [0, 0.1) is 10.1 Å². The summed E-state index contributed by atoms with van der Waals surface area (Å²) < 4.78 is 25.1. The lowest BCUT2D eigenvalue weighted by atomic mass is 10.3. The molecule has 0 unspecified atom stereocenters. The first-order valence-electron chi connectivity index (χ1n) is 6.74. The second-order valence-corrected chi connectivity index (χ2v) is 6.63. The molecule has 120 valence electrons. The van der Waals surface area contributed by atoms with Crippen LogP contribution in [0.2, 0.25) is 0 Å². The highest BCUT2D eigenvalue weighted by atomic mass is 32.2. The molecule has 0 aliphatic carbocycles. The van der Waals surface area contributed by atoms with Gasteiger partial charge in [-0.3, -0.25) is 14.9 Å². The second-order valence-electron chi connectivity index (χ2n) is 4.68. The lowest BCUT2D eigenvalue weighted by Crippen LogP contribution is -2.10. The fourth-order valence-electron chi connectivity index (χ4n) is 1.87. The number of amides is 1. The number of rotatable bonds is 5. The Kier molecular flexibility index (Phi) is 4.75. The highest BCUT2D eigenvalue weighted by molar-refractivity contribution is 7.91. The maximum Gasteiger partial charge on any atom is 0.269 e. The van der Waals surface area contributed by atoms with E-state index in [-0.39, 0.29) is 27.8 Å². The minimum Gasteiger partial charge on any atom is -0.326 e. The van der Waals surface area contributed by atoms with E-state index < -0.39 is 14.8 Å². The minimum atomic E-state index is -3.82. The van der Waals surface area contributed by atoms with Gasteiger partial charge < -0.3 is 5.32 Å². The molecular formula is C15H14N2O5S. The SMILES string of the molecule is CCC(=O)Nc1cccc(S(=O)(=O)c2ccc([N+](=O)[O-])cc2)c1. The van der Waals surface area contributed by atoms with Gasteiger partial charge in [0.1, 0.15) is 0 Å². The number of benzene rings is 2. The molecule has 1 amide bonds. The van der Waals surface area contributed by atoms with E-state index in [0.29, 0.717) is 5.69 Å². The molecule has 0 atom stereocenters. The summed E-state index contributed by atoms with van der Waals surface area (Å²) in [4.78, 5) is 21.4. The summed E-state index contributed by atoms with van der Waals surface area (Å²) in [6.07, 6.45) is 0.277. The molecule has 0 aliphatic heterocycles. The van der Waals surface area contributed by atoms with Gasteiger partial charge in [0.25, 0.3) is 5.69 Å². The predicted octanol–water partition coefficient (Wildman–Crippen LogP) is 2.78. The molecule has 0 saturated carbocycles. The highest BCUT2D eigenvalue weighted by Crippen LogP contribution is 2.25. The minimum absolute atomic E-state index is 0.000237. The van der Waals surface area contributed by atoms with Gasteiger partial charge in [0.2, 0.25) is 15.7 Å². The van der Waals surface area contributed by atoms with E-state index in [1.54, 1.807) is 13.0 Å². The number of carbonyl (C=O) groups excluding carboxylic acids is 1. The van der Waals surface area contributed by atoms with E-state index in [9.17, 15) is 23.3 Å². The molecule has 23 heavy (non-hydrogen) atoms. The molecule has 0 fully saturated rings. The third-order valence-corrected chi connectivity index (χ3v) is 4.87. The molecule has 2 rings (SSSR count). The molecule has 0 heterocycles. The van der Waals surface area contributed by atoms with Gasteiger partial charge in [0.15, 0.2) is 0 Å². The van der Waals surface area contributed by atoms with Crippen LogP contribution in [0.25, 0.3) is 0 Å². The standard InChI is InChI=1S/C15H14N2O5S/c1-2-15(18)16-11-4-3-5-14(10-11)23(21,22)13-8-6-12(7-9-13)17(19)20/h3-10H,2H2,1H3,(H,16,18). The topological polar surface area (TPSA) is 106 Å². The van der Waals surface area contributed by atoms with Crippen LogP contribution in [-0.4, -0.2) is 19.2 Å². The van der Waals surface area contributed by atoms with Gasteiger partial charge in [-0.25, -0.2) is 8.42 Å². The number of nitrogens with zero attached hydrogens (tertiary/aromatic N) is 1. The maximum atomic E-state index is 12.5. The first kappa shape index (κ1) is 16.6. The Hall–Kier alpha value is -2.74. The van der Waals surface area contributed by atoms with Crippen molar-refractivity contribution in [3.63, 3.8) is 0 Å². The van der Waals surface area contributed by atoms with Gasteiger partial charge in [-0.2, -0.15) is 0 Å². The normalized spacial score (nSPS) is 11.0. The Morgan fingerprint density at radius 2 is 1.78 bits per heavy atom. The van der Waals surface area contributed by atoms with Crippen molar-refractivity contribution < 1.29 is 18.1 Å². The Morgan fingerprint density at radius 3 is 2.35 bits per heavy atom. The Morgan fingerprint density at radius 1 is 1.13 bits per heavy atom. The van der Waals surface area contributed by atoms with Crippen LogP contribution in [0.4, 0.5) is 11.4 Å². The van der Waals surface area contributed by atoms with Gasteiger partial charge in [-0.15, -0.1) is 0 Å². The second kappa shape index (κ2) is 6.57. The zero-order valence-corrected chi connectivity index (χ0v) is 13.0. The highest BCUT2D eigenvalue weighted by Gasteiger charge is 2.19. The van der Waals surface area contributed by atoms with E-state index >= 15 is 0 Å². The Labute approximate surface area is 133 Å². The van der Waals surface area contributed by atoms with Crippen LogP contribution in [0.15, 0.2) is 58.3 Å². The summed E-state index contributed by atoms with van der Waals surface area (Å²) in [5, 5.41) is 13.2. The zero-order valence-electron chi connectivity index (χ0n) is 12.2. The van der Waals surface area contributed by atoms with Gasteiger partial charge in [-0.1, -0.05) is 13.0 Å². The van der Waals surface area contributed by atoms with Crippen LogP contribution >= 0.6 is 0 Å². The summed E-state index contributed by atoms with van der Waals surface area (Å²) >= 11 is 0. The molecule has 2 aromatic rings. The van der Waals surface area contributed by atoms with Crippen molar-refractivity contribution >= 4 is 27.1 Å². The van der Waals surface area contributed by atoms with Crippen LogP contribution in [0.3, 0.4) is 0 Å². The van der Waals surface area contributed by atoms with E-state index in [1.165, 1.54) is 30.3 Å². The monoisotopic (exact) mass is 334 g/mol. The summed E-state index contributed by atoms with van der Waals surface area (Å²) in [5.41, 5.74) is 0.188. The van der Waals surface area contributed by atoms with Gasteiger partial charge in [0.05, 0.1) is 14.7 Å². The molecule has 0 saturated heterocycles. The lowest BCUT2D eigenvalue weighted by Gasteiger charge is -2.08. The number of nitro benzene ring substituents is 1. The molecule has 2 aromatic carbocycles. The summed E-state index contributed by atoms with van der Waals surface area (Å²) in [5.74, 6) is -0.227. The molecule has 7 nitrogen and oxygen atoms in total. The number of hydrogen-bond acceptors (Lipinski definition) is 5. The van der Waals surface area contributed by atoms with E-state index in [1.807, 2.05) is 0 Å². The van der Waals surface area contributed by atoms with Gasteiger partial charge in [0, 0.05) is 24.2 Å². The molecule has 1 N–H and O–H groups in total. The molecule has 0 aromatic heterocycles. The summed E-state index contributed by atoms with van der Waals surface area (Å²) in [6, 6.07) is 10.5. The number of carbonyl (C=O) groups is 1. The Bertz CT molecular complexity index is 844. The Balaban J connectivity index is 2.37. The fourth-order valence-corrected chi connectivity index (χ4v) is 3.18. The van der Waals surface area contributed by atoms with Crippen molar-refractivity contribution in [3.8, 4) is 0 Å². The van der Waals surface area contributed by atoms with Crippen LogP contribution in [-0.2, 0) is 14.6 Å². The van der Waals surface area contributed by atoms with Gasteiger partial charge in [-0.05, 0) is 30.3 Å². The summed E-state index contributed by atoms with van der Waals surface area (Å²) in [7, 11) is -3.82.